The van der Waals surface area contributed by atoms with Crippen molar-refractivity contribution in [1.82, 2.24) is 4.98 Å². The monoisotopic (exact) mass is 233 g/mol. The van der Waals surface area contributed by atoms with E-state index in [0.29, 0.717) is 13.0 Å². The van der Waals surface area contributed by atoms with E-state index in [1.807, 2.05) is 36.4 Å². The number of pyridine rings is 1. The zero-order chi connectivity index (χ0) is 12.7. The molecule has 0 bridgehead atoms. The van der Waals surface area contributed by atoms with E-state index in [4.69, 9.17) is 11.5 Å². The highest BCUT2D eigenvalue weighted by molar-refractivity contribution is 5.41. The number of hydrogen-bond acceptors (Lipinski definition) is 3. The van der Waals surface area contributed by atoms with Crippen LogP contribution in [0.5, 0.6) is 0 Å². The van der Waals surface area contributed by atoms with Crippen LogP contribution in [0, 0.1) is 0 Å². The fourth-order valence-corrected chi connectivity index (χ4v) is 1.48. The highest BCUT2D eigenvalue weighted by atomic mass is 19.1. The van der Waals surface area contributed by atoms with Gasteiger partial charge in [0.25, 0.3) is 0 Å². The molecular weight excluding hydrogens is 217 g/mol. The second-order valence-corrected chi connectivity index (χ2v) is 3.51. The molecule has 4 N–H and O–H groups in total. The van der Waals surface area contributed by atoms with Gasteiger partial charge in [-0.15, -0.1) is 0 Å². The van der Waals surface area contributed by atoms with Crippen LogP contribution in [-0.2, 0) is 6.42 Å². The minimum atomic E-state index is 0.500. The number of halogens is 1. The smallest absolute Gasteiger partial charge is 0.123 e. The van der Waals surface area contributed by atoms with Crippen LogP contribution in [0.25, 0.3) is 0 Å². The van der Waals surface area contributed by atoms with Crippen LogP contribution < -0.4 is 11.5 Å². The molecule has 2 aromatic rings. The van der Waals surface area contributed by atoms with Gasteiger partial charge in [0, 0.05) is 11.9 Å². The molecule has 17 heavy (non-hydrogen) atoms. The number of nitrogen functional groups attached to an aromatic ring is 2. The SMILES string of the molecule is CF.Nc1ccc(Cc2ccnc(N)c2)cc1. The molecule has 0 aliphatic heterocycles. The Balaban J connectivity index is 0.000000686. The Labute approximate surface area is 100 Å². The lowest BCUT2D eigenvalue weighted by atomic mass is 10.1. The third kappa shape index (κ3) is 4.10. The molecule has 4 heteroatoms. The predicted octanol–water partition coefficient (Wildman–Crippen LogP) is 2.42. The molecule has 90 valence electrons. The van der Waals surface area contributed by atoms with Gasteiger partial charge in [-0.05, 0) is 41.8 Å². The first-order valence-electron chi connectivity index (χ1n) is 5.16. The summed E-state index contributed by atoms with van der Waals surface area (Å²) in [6.45, 7) is 0. The zero-order valence-corrected chi connectivity index (χ0v) is 9.73. The number of nitrogens with zero attached hydrogens (tertiary/aromatic N) is 1. The lowest BCUT2D eigenvalue weighted by Crippen LogP contribution is -1.94. The molecule has 1 heterocycles. The van der Waals surface area contributed by atoms with Gasteiger partial charge in [-0.25, -0.2) is 4.98 Å². The molecule has 0 unspecified atom stereocenters. The molecule has 0 atom stereocenters. The molecule has 0 saturated carbocycles. The zero-order valence-electron chi connectivity index (χ0n) is 9.73. The van der Waals surface area contributed by atoms with E-state index >= 15 is 0 Å². The van der Waals surface area contributed by atoms with Gasteiger partial charge in [0.1, 0.15) is 5.82 Å². The third-order valence-electron chi connectivity index (χ3n) is 2.23. The lowest BCUT2D eigenvalue weighted by Gasteiger charge is -2.02. The van der Waals surface area contributed by atoms with Crippen LogP contribution in [0.3, 0.4) is 0 Å². The van der Waals surface area contributed by atoms with Crippen molar-refractivity contribution in [2.45, 2.75) is 6.42 Å². The highest BCUT2D eigenvalue weighted by Crippen LogP contribution is 2.12. The Kier molecular flexibility index (Phi) is 4.94. The fraction of sp³-hybridized carbons (Fsp3) is 0.154. The fourth-order valence-electron chi connectivity index (χ4n) is 1.48. The normalized spacial score (nSPS) is 9.29. The van der Waals surface area contributed by atoms with Gasteiger partial charge in [0.05, 0.1) is 7.18 Å². The number of hydrogen-bond donors (Lipinski definition) is 2. The van der Waals surface area contributed by atoms with E-state index in [1.54, 1.807) is 6.20 Å². The van der Waals surface area contributed by atoms with Gasteiger partial charge in [0.2, 0.25) is 0 Å². The van der Waals surface area contributed by atoms with E-state index in [2.05, 4.69) is 4.98 Å². The number of aromatic nitrogens is 1. The molecule has 2 rings (SSSR count). The second-order valence-electron chi connectivity index (χ2n) is 3.51. The van der Waals surface area contributed by atoms with Crippen molar-refractivity contribution in [3.05, 3.63) is 53.7 Å². The Hall–Kier alpha value is -2.10. The molecule has 3 nitrogen and oxygen atoms in total. The van der Waals surface area contributed by atoms with Crippen LogP contribution in [0.1, 0.15) is 11.1 Å². The van der Waals surface area contributed by atoms with Gasteiger partial charge in [-0.2, -0.15) is 0 Å². The summed E-state index contributed by atoms with van der Waals surface area (Å²) in [5.74, 6) is 0.558. The van der Waals surface area contributed by atoms with Crippen LogP contribution in [0.15, 0.2) is 42.6 Å². The van der Waals surface area contributed by atoms with Crippen molar-refractivity contribution in [1.29, 1.82) is 0 Å². The summed E-state index contributed by atoms with van der Waals surface area (Å²) in [6, 6.07) is 11.7. The molecule has 0 amide bonds. The first-order valence-corrected chi connectivity index (χ1v) is 5.16. The summed E-state index contributed by atoms with van der Waals surface area (Å²) in [5.41, 5.74) is 14.4. The Morgan fingerprint density at radius 3 is 2.24 bits per heavy atom. The Morgan fingerprint density at radius 2 is 1.65 bits per heavy atom. The number of rotatable bonds is 2. The van der Waals surface area contributed by atoms with Crippen molar-refractivity contribution in [3.63, 3.8) is 0 Å². The molecule has 0 aliphatic carbocycles. The van der Waals surface area contributed by atoms with E-state index in [0.717, 1.165) is 17.7 Å². The van der Waals surface area contributed by atoms with E-state index in [1.165, 1.54) is 5.56 Å². The minimum absolute atomic E-state index is 0.500. The van der Waals surface area contributed by atoms with E-state index in [-0.39, 0.29) is 0 Å². The molecule has 1 aromatic heterocycles. The Bertz CT molecular complexity index is 454. The van der Waals surface area contributed by atoms with Crippen molar-refractivity contribution >= 4 is 11.5 Å². The first kappa shape index (κ1) is 13.0. The topological polar surface area (TPSA) is 64.9 Å². The molecular formula is C13H16FN3. The average Bonchev–Trinajstić information content (AvgIpc) is 2.35. The van der Waals surface area contributed by atoms with Crippen LogP contribution in [-0.4, -0.2) is 12.2 Å². The number of anilines is 2. The summed E-state index contributed by atoms with van der Waals surface area (Å²) in [6.07, 6.45) is 2.58. The van der Waals surface area contributed by atoms with Crippen LogP contribution >= 0.6 is 0 Å². The number of alkyl halides is 1. The summed E-state index contributed by atoms with van der Waals surface area (Å²) in [4.78, 5) is 3.95. The quantitative estimate of drug-likeness (QED) is 0.783. The number of benzene rings is 1. The standard InChI is InChI=1S/C12H13N3.CH3F/c13-11-3-1-9(2-4-11)7-10-5-6-15-12(14)8-10;1-2/h1-6,8H,7,13H2,(H2,14,15);1H3. The molecule has 0 saturated heterocycles. The maximum absolute atomic E-state index is 9.50. The predicted molar refractivity (Wildman–Crippen MR) is 69.3 cm³/mol. The van der Waals surface area contributed by atoms with Gasteiger partial charge in [-0.1, -0.05) is 12.1 Å². The minimum Gasteiger partial charge on any atom is -0.399 e. The average molecular weight is 233 g/mol. The second kappa shape index (κ2) is 6.48. The lowest BCUT2D eigenvalue weighted by molar-refractivity contribution is 0.636. The maximum atomic E-state index is 9.50. The van der Waals surface area contributed by atoms with Gasteiger partial charge >= 0.3 is 0 Å². The van der Waals surface area contributed by atoms with Crippen LogP contribution in [0.4, 0.5) is 15.9 Å². The van der Waals surface area contributed by atoms with Crippen LogP contribution in [0.2, 0.25) is 0 Å². The third-order valence-corrected chi connectivity index (χ3v) is 2.23. The molecule has 0 spiro atoms. The van der Waals surface area contributed by atoms with Gasteiger partial charge in [0.15, 0.2) is 0 Å². The summed E-state index contributed by atoms with van der Waals surface area (Å²) in [5, 5.41) is 0. The summed E-state index contributed by atoms with van der Waals surface area (Å²) in [7, 11) is 0.500. The van der Waals surface area contributed by atoms with E-state index in [9.17, 15) is 4.39 Å². The van der Waals surface area contributed by atoms with Gasteiger partial charge in [-0.3, -0.25) is 4.39 Å². The van der Waals surface area contributed by atoms with Gasteiger partial charge < -0.3 is 11.5 Å². The molecule has 0 aliphatic rings. The molecule has 0 radical (unpaired) electrons. The highest BCUT2D eigenvalue weighted by Gasteiger charge is 1.97. The van der Waals surface area contributed by atoms with Crippen molar-refractivity contribution < 1.29 is 4.39 Å². The molecule has 1 aromatic carbocycles. The number of nitrogens with two attached hydrogens (primary N) is 2. The van der Waals surface area contributed by atoms with E-state index < -0.39 is 0 Å². The molecule has 0 fully saturated rings. The Morgan fingerprint density at radius 1 is 1.00 bits per heavy atom. The largest absolute Gasteiger partial charge is 0.399 e. The first-order chi connectivity index (χ1) is 8.24. The van der Waals surface area contributed by atoms with Crippen molar-refractivity contribution in [2.24, 2.45) is 0 Å². The van der Waals surface area contributed by atoms with Crippen molar-refractivity contribution in [2.75, 3.05) is 18.6 Å². The van der Waals surface area contributed by atoms with Crippen molar-refractivity contribution in [3.8, 4) is 0 Å². The summed E-state index contributed by atoms with van der Waals surface area (Å²) < 4.78 is 9.50. The maximum Gasteiger partial charge on any atom is 0.123 e. The summed E-state index contributed by atoms with van der Waals surface area (Å²) >= 11 is 0.